The number of phenols is 1. The molecule has 4 aliphatic rings. The number of hydrazine groups is 1. The lowest BCUT2D eigenvalue weighted by molar-refractivity contribution is -0.139. The number of anilines is 2. The third kappa shape index (κ3) is 5.19. The van der Waals surface area contributed by atoms with Gasteiger partial charge in [-0.25, -0.2) is 0 Å². The fourth-order valence-corrected chi connectivity index (χ4v) is 9.11. The number of nitrogens with one attached hydrogen (secondary N) is 1. The second-order valence-electron chi connectivity index (χ2n) is 13.9. The van der Waals surface area contributed by atoms with Crippen LogP contribution in [0.25, 0.3) is 6.08 Å². The van der Waals surface area contributed by atoms with Gasteiger partial charge >= 0.3 is 0 Å². The van der Waals surface area contributed by atoms with Gasteiger partial charge in [0, 0.05) is 10.4 Å². The van der Waals surface area contributed by atoms with E-state index in [0.717, 1.165) is 20.6 Å². The zero-order chi connectivity index (χ0) is 36.3. The van der Waals surface area contributed by atoms with Crippen LogP contribution in [0.5, 0.6) is 11.5 Å². The van der Waals surface area contributed by atoms with Gasteiger partial charge in [-0.05, 0) is 85.3 Å². The van der Waals surface area contributed by atoms with Gasteiger partial charge in [0.2, 0.25) is 11.8 Å². The van der Waals surface area contributed by atoms with E-state index in [1.807, 2.05) is 79.7 Å². The molecule has 1 saturated carbocycles. The predicted octanol–water partition coefficient (Wildman–Crippen LogP) is 7.21. The Bertz CT molecular complexity index is 2170. The lowest BCUT2D eigenvalue weighted by Crippen LogP contribution is -2.54. The van der Waals surface area contributed by atoms with Crippen molar-refractivity contribution in [1.82, 2.24) is 5.01 Å². The van der Waals surface area contributed by atoms with Gasteiger partial charge in [0.1, 0.15) is 0 Å². The number of allylic oxidation sites excluding steroid dienone is 3. The van der Waals surface area contributed by atoms with Gasteiger partial charge in [0.05, 0.1) is 41.7 Å². The summed E-state index contributed by atoms with van der Waals surface area (Å²) in [5.41, 5.74) is 6.16. The lowest BCUT2D eigenvalue weighted by Gasteiger charge is -2.49. The molecule has 4 amide bonds. The molecule has 10 heteroatoms. The monoisotopic (exact) mass is 757 g/mol. The highest BCUT2D eigenvalue weighted by molar-refractivity contribution is 9.10. The highest BCUT2D eigenvalue weighted by atomic mass is 79.9. The van der Waals surface area contributed by atoms with Gasteiger partial charge < -0.3 is 9.84 Å². The van der Waals surface area contributed by atoms with Crippen LogP contribution in [0.2, 0.25) is 0 Å². The number of phenolic OH excluding ortho intramolecular Hbond substituents is 1. The van der Waals surface area contributed by atoms with Crippen molar-refractivity contribution < 1.29 is 29.0 Å². The topological polar surface area (TPSA) is 116 Å². The highest BCUT2D eigenvalue weighted by Gasteiger charge is 2.69. The molecule has 2 aliphatic carbocycles. The molecule has 262 valence electrons. The molecule has 4 aromatic carbocycles. The zero-order valence-corrected chi connectivity index (χ0v) is 30.1. The van der Waals surface area contributed by atoms with Crippen LogP contribution in [0, 0.1) is 36.5 Å². The molecule has 2 heterocycles. The Morgan fingerprint density at radius 1 is 0.885 bits per heavy atom. The van der Waals surface area contributed by atoms with Gasteiger partial charge in [0.25, 0.3) is 11.8 Å². The van der Waals surface area contributed by atoms with E-state index < -0.39 is 35.0 Å². The maximum absolute atomic E-state index is 15.2. The van der Waals surface area contributed by atoms with Crippen molar-refractivity contribution >= 4 is 57.0 Å². The number of hydrogen-bond donors (Lipinski definition) is 2. The quantitative estimate of drug-likeness (QED) is 0.151. The molecule has 0 aromatic heterocycles. The summed E-state index contributed by atoms with van der Waals surface area (Å²) in [7, 11) is 1.47. The number of rotatable bonds is 7. The van der Waals surface area contributed by atoms with Gasteiger partial charge in [0.15, 0.2) is 11.5 Å². The van der Waals surface area contributed by atoms with Crippen molar-refractivity contribution in [3.8, 4) is 11.5 Å². The van der Waals surface area contributed by atoms with Crippen LogP contribution in [0.15, 0.2) is 119 Å². The van der Waals surface area contributed by atoms with E-state index in [1.54, 1.807) is 42.5 Å². The molecule has 6 atom stereocenters. The second-order valence-corrected chi connectivity index (χ2v) is 14.8. The molecule has 0 radical (unpaired) electrons. The summed E-state index contributed by atoms with van der Waals surface area (Å²) in [6.45, 7) is 1.96. The molecule has 0 unspecified atom stereocenters. The van der Waals surface area contributed by atoms with Crippen LogP contribution < -0.4 is 15.1 Å². The molecular formula is C42H36BrN3O6. The Hall–Kier alpha value is -5.48. The number of ether oxygens (including phenoxy) is 1. The van der Waals surface area contributed by atoms with E-state index in [0.29, 0.717) is 34.7 Å². The number of amides is 4. The van der Waals surface area contributed by atoms with Gasteiger partial charge in [-0.15, -0.1) is 0 Å². The zero-order valence-electron chi connectivity index (χ0n) is 28.5. The van der Waals surface area contributed by atoms with E-state index in [2.05, 4.69) is 21.4 Å². The minimum absolute atomic E-state index is 0.00615. The van der Waals surface area contributed by atoms with E-state index in [-0.39, 0.29) is 35.8 Å². The normalized spacial score (nSPS) is 26.7. The Labute approximate surface area is 309 Å². The first-order valence-electron chi connectivity index (χ1n) is 17.3. The van der Waals surface area contributed by atoms with Crippen LogP contribution in [0.3, 0.4) is 0 Å². The Morgan fingerprint density at radius 3 is 2.33 bits per heavy atom. The molecule has 52 heavy (non-hydrogen) atoms. The van der Waals surface area contributed by atoms with Crippen LogP contribution in [-0.4, -0.2) is 40.9 Å². The van der Waals surface area contributed by atoms with Crippen LogP contribution in [-0.2, 0) is 24.6 Å². The average Bonchev–Trinajstić information content (AvgIpc) is 3.54. The molecule has 0 spiro atoms. The first kappa shape index (κ1) is 33.7. The fraction of sp³-hybridized carbons (Fsp3) is 0.238. The van der Waals surface area contributed by atoms with E-state index >= 15 is 4.79 Å². The largest absolute Gasteiger partial charge is 0.504 e. The maximum Gasteiger partial charge on any atom is 0.260 e. The van der Waals surface area contributed by atoms with E-state index in [4.69, 9.17) is 4.74 Å². The van der Waals surface area contributed by atoms with Crippen LogP contribution >= 0.6 is 15.9 Å². The third-order valence-electron chi connectivity index (χ3n) is 11.2. The van der Waals surface area contributed by atoms with Crippen LogP contribution in [0.1, 0.15) is 29.5 Å². The number of fused-ring (bicyclic) bond motifs is 4. The number of carbonyl (C=O) groups excluding carboxylic acids is 4. The molecule has 8 rings (SSSR count). The number of halogens is 1. The number of methoxy groups -OCH3 is 1. The van der Waals surface area contributed by atoms with Crippen molar-refractivity contribution in [2.75, 3.05) is 17.4 Å². The number of carbonyl (C=O) groups is 4. The first-order chi connectivity index (χ1) is 25.1. The summed E-state index contributed by atoms with van der Waals surface area (Å²) in [5.74, 6) is -4.31. The summed E-state index contributed by atoms with van der Waals surface area (Å²) in [6, 6.07) is 29.0. The highest BCUT2D eigenvalue weighted by Crippen LogP contribution is 2.61. The second kappa shape index (κ2) is 12.9. The number of nitrogens with zero attached hydrogens (tertiary/aromatic N) is 2. The summed E-state index contributed by atoms with van der Waals surface area (Å²) in [5, 5.41) is 11.4. The molecular weight excluding hydrogens is 722 g/mol. The number of aromatic hydroxyl groups is 1. The molecule has 3 fully saturated rings. The van der Waals surface area contributed by atoms with Gasteiger partial charge in [-0.1, -0.05) is 93.8 Å². The minimum atomic E-state index is -1.36. The molecule has 9 nitrogen and oxygen atoms in total. The number of imide groups is 2. The molecule has 4 aromatic rings. The summed E-state index contributed by atoms with van der Waals surface area (Å²) in [6.07, 6.45) is 6.38. The maximum atomic E-state index is 15.2. The van der Waals surface area contributed by atoms with Gasteiger partial charge in [-0.3, -0.25) is 29.5 Å². The number of hydrogen-bond acceptors (Lipinski definition) is 7. The van der Waals surface area contributed by atoms with Crippen molar-refractivity contribution in [2.24, 2.45) is 29.6 Å². The molecule has 0 bridgehead atoms. The Kier molecular flexibility index (Phi) is 8.37. The molecule has 2 aliphatic heterocycles. The van der Waals surface area contributed by atoms with Crippen molar-refractivity contribution in [2.45, 2.75) is 25.2 Å². The van der Waals surface area contributed by atoms with E-state index in [1.165, 1.54) is 12.0 Å². The average molecular weight is 759 g/mol. The minimum Gasteiger partial charge on any atom is -0.504 e. The standard InChI is InChI=1S/C42H36BrN3O6/c1-24-8-14-28(15-9-24)44-46-39(49)34-23-32-30(18-19-31-37(32)40(50)45(38(31)48)29-16-12-27(43)13-17-29)33(20-10-25-11-21-35(47)36(22-25)52-2)42(34,41(46)51)26-6-4-3-5-7-26/h3-18,20-22,31-34,37,44,47H,19,23H2,1-2H3/t31-,32+,33-,34-,37-,42-/m0/s1. The molecule has 2 saturated heterocycles. The van der Waals surface area contributed by atoms with E-state index in [9.17, 15) is 19.5 Å². The predicted molar refractivity (Wildman–Crippen MR) is 200 cm³/mol. The summed E-state index contributed by atoms with van der Waals surface area (Å²) < 4.78 is 6.20. The summed E-state index contributed by atoms with van der Waals surface area (Å²) in [4.78, 5) is 59.7. The lowest BCUT2D eigenvalue weighted by atomic mass is 9.50. The number of benzene rings is 4. The third-order valence-corrected chi connectivity index (χ3v) is 11.8. The Morgan fingerprint density at radius 2 is 1.62 bits per heavy atom. The van der Waals surface area contributed by atoms with Crippen molar-refractivity contribution in [3.63, 3.8) is 0 Å². The van der Waals surface area contributed by atoms with Gasteiger partial charge in [-0.2, -0.15) is 5.01 Å². The molecule has 2 N–H and O–H groups in total. The number of aryl methyl sites for hydroxylation is 1. The van der Waals surface area contributed by atoms with Crippen molar-refractivity contribution in [1.29, 1.82) is 0 Å². The first-order valence-corrected chi connectivity index (χ1v) is 18.1. The fourth-order valence-electron chi connectivity index (χ4n) is 8.84. The Balaban J connectivity index is 1.29. The van der Waals surface area contributed by atoms with Crippen molar-refractivity contribution in [3.05, 3.63) is 136 Å². The summed E-state index contributed by atoms with van der Waals surface area (Å²) >= 11 is 3.44. The SMILES string of the molecule is COc1cc(C=C[C@H]2C3=CC[C@@H]4C(=O)N(c5ccc(Br)cc5)C(=O)[C@@H]4[C@@H]3C[C@H]3C(=O)N(Nc4ccc(C)cc4)C(=O)[C@@]23c2ccccc2)ccc1O. The van der Waals surface area contributed by atoms with Crippen LogP contribution in [0.4, 0.5) is 11.4 Å². The smallest absolute Gasteiger partial charge is 0.260 e.